The number of phenols is 3. The Morgan fingerprint density at radius 1 is 1.14 bits per heavy atom. The fraction of sp³-hybridized carbons (Fsp3) is 0.0667. The standard InChI is InChI=1S/C15H14N2O5/c1-22-11-3-5-13(19)9(6-11)8-16-17-15(21)12-4-2-10(18)7-14(12)20/h2-8,18-20H,1H3,(H,17,21)/b16-8-. The summed E-state index contributed by atoms with van der Waals surface area (Å²) < 4.78 is 5.02. The van der Waals surface area contributed by atoms with Gasteiger partial charge in [-0.2, -0.15) is 5.10 Å². The first-order chi connectivity index (χ1) is 10.5. The molecule has 114 valence electrons. The number of nitrogens with zero attached hydrogens (tertiary/aromatic N) is 1. The molecule has 0 saturated carbocycles. The third-order valence-corrected chi connectivity index (χ3v) is 2.83. The van der Waals surface area contributed by atoms with Crippen LogP contribution in [0, 0.1) is 0 Å². The van der Waals surface area contributed by atoms with Crippen LogP contribution in [0.25, 0.3) is 0 Å². The SMILES string of the molecule is COc1ccc(O)c(/C=N\NC(=O)c2ccc(O)cc2O)c1. The van der Waals surface area contributed by atoms with Crippen LogP contribution in [0.4, 0.5) is 0 Å². The Morgan fingerprint density at radius 2 is 1.91 bits per heavy atom. The Kier molecular flexibility index (Phi) is 4.47. The highest BCUT2D eigenvalue weighted by Crippen LogP contribution is 2.23. The van der Waals surface area contributed by atoms with E-state index in [1.54, 1.807) is 12.1 Å². The summed E-state index contributed by atoms with van der Waals surface area (Å²) in [5.41, 5.74) is 2.53. The van der Waals surface area contributed by atoms with Gasteiger partial charge >= 0.3 is 0 Å². The number of hydrogen-bond donors (Lipinski definition) is 4. The normalized spacial score (nSPS) is 10.6. The number of hydrazone groups is 1. The Hall–Kier alpha value is -3.22. The fourth-order valence-electron chi connectivity index (χ4n) is 1.70. The zero-order valence-corrected chi connectivity index (χ0v) is 11.6. The van der Waals surface area contributed by atoms with E-state index < -0.39 is 5.91 Å². The molecular formula is C15H14N2O5. The van der Waals surface area contributed by atoms with E-state index >= 15 is 0 Å². The van der Waals surface area contributed by atoms with E-state index in [0.717, 1.165) is 6.07 Å². The molecule has 0 aromatic heterocycles. The van der Waals surface area contributed by atoms with Crippen molar-refractivity contribution in [2.45, 2.75) is 0 Å². The van der Waals surface area contributed by atoms with Gasteiger partial charge in [0.2, 0.25) is 0 Å². The minimum absolute atomic E-state index is 0.0220. The predicted molar refractivity (Wildman–Crippen MR) is 79.5 cm³/mol. The number of carbonyl (C=O) groups excluding carboxylic acids is 1. The molecule has 0 heterocycles. The highest BCUT2D eigenvalue weighted by molar-refractivity contribution is 5.97. The van der Waals surface area contributed by atoms with Gasteiger partial charge in [0, 0.05) is 11.6 Å². The van der Waals surface area contributed by atoms with Crippen LogP contribution in [0.1, 0.15) is 15.9 Å². The van der Waals surface area contributed by atoms with Crippen LogP contribution in [-0.4, -0.2) is 34.6 Å². The van der Waals surface area contributed by atoms with E-state index in [1.807, 2.05) is 0 Å². The second-order valence-corrected chi connectivity index (χ2v) is 4.33. The van der Waals surface area contributed by atoms with Gasteiger partial charge in [-0.1, -0.05) is 0 Å². The summed E-state index contributed by atoms with van der Waals surface area (Å²) in [5.74, 6) is -0.667. The van der Waals surface area contributed by atoms with E-state index in [-0.39, 0.29) is 22.8 Å². The van der Waals surface area contributed by atoms with Gasteiger partial charge in [-0.25, -0.2) is 5.43 Å². The maximum atomic E-state index is 11.8. The van der Waals surface area contributed by atoms with Gasteiger partial charge in [-0.05, 0) is 30.3 Å². The number of ether oxygens (including phenoxy) is 1. The van der Waals surface area contributed by atoms with Gasteiger partial charge in [0.05, 0.1) is 18.9 Å². The van der Waals surface area contributed by atoms with E-state index in [2.05, 4.69) is 10.5 Å². The van der Waals surface area contributed by atoms with Crippen molar-refractivity contribution < 1.29 is 24.9 Å². The number of hydrogen-bond acceptors (Lipinski definition) is 6. The smallest absolute Gasteiger partial charge is 0.275 e. The monoisotopic (exact) mass is 302 g/mol. The van der Waals surface area contributed by atoms with Crippen molar-refractivity contribution in [3.8, 4) is 23.0 Å². The van der Waals surface area contributed by atoms with Crippen molar-refractivity contribution in [2.75, 3.05) is 7.11 Å². The Bertz CT molecular complexity index is 728. The maximum absolute atomic E-state index is 11.8. The molecule has 0 aliphatic carbocycles. The van der Waals surface area contributed by atoms with E-state index in [4.69, 9.17) is 9.84 Å². The van der Waals surface area contributed by atoms with Crippen molar-refractivity contribution in [1.29, 1.82) is 0 Å². The second-order valence-electron chi connectivity index (χ2n) is 4.33. The van der Waals surface area contributed by atoms with Gasteiger partial charge in [-0.3, -0.25) is 4.79 Å². The molecule has 7 heteroatoms. The molecule has 7 nitrogen and oxygen atoms in total. The van der Waals surface area contributed by atoms with Gasteiger partial charge in [-0.15, -0.1) is 0 Å². The molecule has 0 spiro atoms. The lowest BCUT2D eigenvalue weighted by atomic mass is 10.2. The summed E-state index contributed by atoms with van der Waals surface area (Å²) in [7, 11) is 1.49. The molecule has 22 heavy (non-hydrogen) atoms. The minimum Gasteiger partial charge on any atom is -0.508 e. The number of benzene rings is 2. The van der Waals surface area contributed by atoms with Gasteiger partial charge in [0.1, 0.15) is 23.0 Å². The number of amides is 1. The summed E-state index contributed by atoms with van der Waals surface area (Å²) >= 11 is 0. The highest BCUT2D eigenvalue weighted by Gasteiger charge is 2.10. The second kappa shape index (κ2) is 6.49. The molecule has 0 aliphatic heterocycles. The topological polar surface area (TPSA) is 111 Å². The number of rotatable bonds is 4. The quantitative estimate of drug-likeness (QED) is 0.506. The Morgan fingerprint density at radius 3 is 2.59 bits per heavy atom. The number of aromatic hydroxyl groups is 3. The van der Waals surface area contributed by atoms with Crippen molar-refractivity contribution >= 4 is 12.1 Å². The first kappa shape index (κ1) is 15.2. The summed E-state index contributed by atoms with van der Waals surface area (Å²) in [4.78, 5) is 11.8. The summed E-state index contributed by atoms with van der Waals surface area (Å²) in [6, 6.07) is 8.15. The molecule has 0 atom stereocenters. The van der Waals surface area contributed by atoms with Crippen molar-refractivity contribution in [3.63, 3.8) is 0 Å². The molecule has 0 radical (unpaired) electrons. The predicted octanol–water partition coefficient (Wildman–Crippen LogP) is 1.58. The molecule has 0 bridgehead atoms. The molecule has 1 amide bonds. The molecule has 2 rings (SSSR count). The van der Waals surface area contributed by atoms with Gasteiger partial charge in [0.25, 0.3) is 5.91 Å². The van der Waals surface area contributed by atoms with Crippen molar-refractivity contribution in [2.24, 2.45) is 5.10 Å². The fourth-order valence-corrected chi connectivity index (χ4v) is 1.70. The van der Waals surface area contributed by atoms with Crippen LogP contribution in [0.3, 0.4) is 0 Å². The van der Waals surface area contributed by atoms with Crippen LogP contribution in [-0.2, 0) is 0 Å². The molecule has 0 fully saturated rings. The van der Waals surface area contributed by atoms with E-state index in [1.165, 1.54) is 31.5 Å². The lowest BCUT2D eigenvalue weighted by Crippen LogP contribution is -2.17. The lowest BCUT2D eigenvalue weighted by molar-refractivity contribution is 0.0952. The molecule has 4 N–H and O–H groups in total. The van der Waals surface area contributed by atoms with Gasteiger partial charge in [0.15, 0.2) is 0 Å². The summed E-state index contributed by atoms with van der Waals surface area (Å²) in [5, 5.41) is 32.1. The van der Waals surface area contributed by atoms with Crippen LogP contribution in [0.15, 0.2) is 41.5 Å². The number of methoxy groups -OCH3 is 1. The third-order valence-electron chi connectivity index (χ3n) is 2.83. The third kappa shape index (κ3) is 3.45. The molecule has 0 saturated heterocycles. The molecular weight excluding hydrogens is 288 g/mol. The minimum atomic E-state index is -0.656. The number of nitrogens with one attached hydrogen (secondary N) is 1. The molecule has 2 aromatic rings. The van der Waals surface area contributed by atoms with Crippen LogP contribution < -0.4 is 10.2 Å². The van der Waals surface area contributed by atoms with Crippen molar-refractivity contribution in [1.82, 2.24) is 5.43 Å². The average molecular weight is 302 g/mol. The average Bonchev–Trinajstić information content (AvgIpc) is 2.49. The summed E-state index contributed by atoms with van der Waals surface area (Å²) in [6.45, 7) is 0. The highest BCUT2D eigenvalue weighted by atomic mass is 16.5. The number of phenolic OH excluding ortho intramolecular Hbond substituents is 3. The van der Waals surface area contributed by atoms with E-state index in [9.17, 15) is 15.0 Å². The molecule has 0 unspecified atom stereocenters. The first-order valence-corrected chi connectivity index (χ1v) is 6.23. The molecule has 0 aliphatic rings. The van der Waals surface area contributed by atoms with Gasteiger partial charge < -0.3 is 20.1 Å². The lowest BCUT2D eigenvalue weighted by Gasteiger charge is -2.04. The largest absolute Gasteiger partial charge is 0.508 e. The van der Waals surface area contributed by atoms with Crippen LogP contribution in [0.2, 0.25) is 0 Å². The van der Waals surface area contributed by atoms with E-state index in [0.29, 0.717) is 11.3 Å². The summed E-state index contributed by atoms with van der Waals surface area (Å²) in [6.07, 6.45) is 1.24. The Balaban J connectivity index is 2.10. The zero-order chi connectivity index (χ0) is 16.1. The molecule has 2 aromatic carbocycles. The maximum Gasteiger partial charge on any atom is 0.275 e. The Labute approximate surface area is 126 Å². The van der Waals surface area contributed by atoms with Crippen LogP contribution >= 0.6 is 0 Å². The van der Waals surface area contributed by atoms with Crippen molar-refractivity contribution in [3.05, 3.63) is 47.5 Å². The zero-order valence-electron chi connectivity index (χ0n) is 11.6. The first-order valence-electron chi connectivity index (χ1n) is 6.23. The van der Waals surface area contributed by atoms with Crippen LogP contribution in [0.5, 0.6) is 23.0 Å². The number of carbonyl (C=O) groups is 1.